The minimum atomic E-state index is -1.74. The maximum Gasteiger partial charge on any atom is 0.342 e. The van der Waals surface area contributed by atoms with Crippen molar-refractivity contribution in [3.05, 3.63) is 90.0 Å². The minimum absolute atomic E-state index is 0.0449. The van der Waals surface area contributed by atoms with Gasteiger partial charge in [-0.2, -0.15) is 0 Å². The van der Waals surface area contributed by atoms with Gasteiger partial charge in [0.1, 0.15) is 6.61 Å². The van der Waals surface area contributed by atoms with E-state index in [9.17, 15) is 14.7 Å². The van der Waals surface area contributed by atoms with Gasteiger partial charge in [0.25, 0.3) is 0 Å². The molecule has 1 atom stereocenters. The lowest BCUT2D eigenvalue weighted by atomic mass is 9.94. The predicted octanol–water partition coefficient (Wildman–Crippen LogP) is 4.94. The van der Waals surface area contributed by atoms with Gasteiger partial charge in [-0.15, -0.1) is 0 Å². The quantitative estimate of drug-likeness (QED) is 0.464. The zero-order valence-electron chi connectivity index (χ0n) is 16.3. The van der Waals surface area contributed by atoms with Crippen molar-refractivity contribution in [1.29, 1.82) is 0 Å². The lowest BCUT2D eigenvalue weighted by Gasteiger charge is -2.22. The molecule has 0 spiro atoms. The highest BCUT2D eigenvalue weighted by Crippen LogP contribution is 2.28. The molecule has 3 rings (SSSR count). The number of carbonyl (C=O) groups excluding carboxylic acids is 2. The number of esters is 1. The van der Waals surface area contributed by atoms with Gasteiger partial charge in [0.15, 0.2) is 10.7 Å². The van der Waals surface area contributed by atoms with Crippen LogP contribution in [0.1, 0.15) is 25.0 Å². The summed E-state index contributed by atoms with van der Waals surface area (Å²) in [5, 5.41) is 10.7. The zero-order valence-corrected chi connectivity index (χ0v) is 17.1. The molecular formula is C24H22O4S. The van der Waals surface area contributed by atoms with Gasteiger partial charge in [-0.1, -0.05) is 78.5 Å². The molecule has 0 radical (unpaired) electrons. The predicted molar refractivity (Wildman–Crippen MR) is 114 cm³/mol. The van der Waals surface area contributed by atoms with E-state index in [1.807, 2.05) is 66.7 Å². The molecule has 0 aliphatic rings. The summed E-state index contributed by atoms with van der Waals surface area (Å²) < 4.78 is 5.29. The van der Waals surface area contributed by atoms with Crippen LogP contribution < -0.4 is 0 Å². The van der Waals surface area contributed by atoms with Crippen LogP contribution in [0.3, 0.4) is 0 Å². The molecule has 0 amide bonds. The smallest absolute Gasteiger partial charge is 0.342 e. The van der Waals surface area contributed by atoms with Gasteiger partial charge in [0.2, 0.25) is 0 Å². The Bertz CT molecular complexity index is 978. The number of benzene rings is 3. The molecule has 0 saturated carbocycles. The third-order valence-corrected chi connectivity index (χ3v) is 5.30. The van der Waals surface area contributed by atoms with E-state index in [-0.39, 0.29) is 11.7 Å². The van der Waals surface area contributed by atoms with E-state index >= 15 is 0 Å². The normalized spacial score (nSPS) is 12.8. The molecule has 1 N–H and O–H groups in total. The van der Waals surface area contributed by atoms with Gasteiger partial charge < -0.3 is 9.84 Å². The first-order valence-electron chi connectivity index (χ1n) is 9.19. The average Bonchev–Trinajstić information content (AvgIpc) is 2.73. The highest BCUT2D eigenvalue weighted by Gasteiger charge is 2.34. The SMILES string of the molecule is CC(=O)Sc1ccc(-c2ccc(C(C)(O)C(=O)OCc3ccccc3)cc2)cc1. The summed E-state index contributed by atoms with van der Waals surface area (Å²) in [6.07, 6.45) is 0. The second-order valence-corrected chi connectivity index (χ2v) is 8.08. The summed E-state index contributed by atoms with van der Waals surface area (Å²) in [6, 6.07) is 24.1. The first-order valence-corrected chi connectivity index (χ1v) is 10.0. The topological polar surface area (TPSA) is 63.6 Å². The summed E-state index contributed by atoms with van der Waals surface area (Å²) in [4.78, 5) is 24.5. The molecule has 0 heterocycles. The Labute approximate surface area is 174 Å². The molecule has 148 valence electrons. The van der Waals surface area contributed by atoms with E-state index < -0.39 is 11.6 Å². The number of ether oxygens (including phenoxy) is 1. The molecule has 3 aromatic rings. The van der Waals surface area contributed by atoms with Crippen molar-refractivity contribution in [3.63, 3.8) is 0 Å². The van der Waals surface area contributed by atoms with Gasteiger partial charge in [-0.25, -0.2) is 4.79 Å². The van der Waals surface area contributed by atoms with Gasteiger partial charge in [-0.3, -0.25) is 4.79 Å². The molecule has 0 aliphatic heterocycles. The molecule has 4 nitrogen and oxygen atoms in total. The summed E-state index contributed by atoms with van der Waals surface area (Å²) in [5.74, 6) is -0.695. The van der Waals surface area contributed by atoms with E-state index in [0.29, 0.717) is 5.56 Å². The van der Waals surface area contributed by atoms with Crippen molar-refractivity contribution in [2.45, 2.75) is 31.0 Å². The first-order chi connectivity index (χ1) is 13.9. The highest BCUT2D eigenvalue weighted by molar-refractivity contribution is 8.13. The number of carbonyl (C=O) groups is 2. The fourth-order valence-electron chi connectivity index (χ4n) is 2.85. The van der Waals surface area contributed by atoms with E-state index in [4.69, 9.17) is 4.74 Å². The van der Waals surface area contributed by atoms with Crippen LogP contribution in [0.5, 0.6) is 0 Å². The van der Waals surface area contributed by atoms with Crippen LogP contribution in [-0.2, 0) is 26.5 Å². The molecule has 5 heteroatoms. The van der Waals surface area contributed by atoms with Crippen LogP contribution in [0.4, 0.5) is 0 Å². The van der Waals surface area contributed by atoms with Crippen LogP contribution in [0, 0.1) is 0 Å². The summed E-state index contributed by atoms with van der Waals surface area (Å²) in [6.45, 7) is 3.08. The molecule has 0 aromatic heterocycles. The summed E-state index contributed by atoms with van der Waals surface area (Å²) in [5.41, 5.74) is 1.51. The van der Waals surface area contributed by atoms with Crippen molar-refractivity contribution in [1.82, 2.24) is 0 Å². The fraction of sp³-hybridized carbons (Fsp3) is 0.167. The van der Waals surface area contributed by atoms with Crippen LogP contribution in [-0.4, -0.2) is 16.2 Å². The van der Waals surface area contributed by atoms with Crippen LogP contribution in [0.2, 0.25) is 0 Å². The Kier molecular flexibility index (Phi) is 6.52. The van der Waals surface area contributed by atoms with Crippen molar-refractivity contribution in [2.75, 3.05) is 0 Å². The van der Waals surface area contributed by atoms with Gasteiger partial charge >= 0.3 is 5.97 Å². The minimum Gasteiger partial charge on any atom is -0.458 e. The third kappa shape index (κ3) is 5.34. The molecule has 1 unspecified atom stereocenters. The Hall–Kier alpha value is -2.89. The highest BCUT2D eigenvalue weighted by atomic mass is 32.2. The number of hydrogen-bond donors (Lipinski definition) is 1. The largest absolute Gasteiger partial charge is 0.458 e. The molecule has 29 heavy (non-hydrogen) atoms. The van der Waals surface area contributed by atoms with Gasteiger partial charge in [0.05, 0.1) is 0 Å². The van der Waals surface area contributed by atoms with E-state index in [1.165, 1.54) is 25.6 Å². The zero-order chi connectivity index (χ0) is 20.9. The second-order valence-electron chi connectivity index (χ2n) is 6.83. The number of hydrogen-bond acceptors (Lipinski definition) is 5. The van der Waals surface area contributed by atoms with Gasteiger partial charge in [-0.05, 0) is 41.3 Å². The number of thioether (sulfide) groups is 1. The van der Waals surface area contributed by atoms with E-state index in [1.54, 1.807) is 12.1 Å². The molecule has 3 aromatic carbocycles. The molecule has 0 saturated heterocycles. The monoisotopic (exact) mass is 406 g/mol. The van der Waals surface area contributed by atoms with Crippen molar-refractivity contribution < 1.29 is 19.4 Å². The maximum absolute atomic E-state index is 12.4. The van der Waals surface area contributed by atoms with E-state index in [0.717, 1.165) is 21.6 Å². The molecular weight excluding hydrogens is 384 g/mol. The Balaban J connectivity index is 1.69. The number of rotatable bonds is 6. The Morgan fingerprint density at radius 3 is 2.00 bits per heavy atom. The lowest BCUT2D eigenvalue weighted by Crippen LogP contribution is -2.34. The van der Waals surface area contributed by atoms with Crippen LogP contribution in [0.25, 0.3) is 11.1 Å². The summed E-state index contributed by atoms with van der Waals surface area (Å²) in [7, 11) is 0. The van der Waals surface area contributed by atoms with Crippen molar-refractivity contribution in [3.8, 4) is 11.1 Å². The maximum atomic E-state index is 12.4. The Morgan fingerprint density at radius 2 is 1.45 bits per heavy atom. The van der Waals surface area contributed by atoms with Crippen molar-refractivity contribution in [2.24, 2.45) is 0 Å². The molecule has 0 fully saturated rings. The van der Waals surface area contributed by atoms with Gasteiger partial charge in [0, 0.05) is 11.8 Å². The molecule has 0 bridgehead atoms. The van der Waals surface area contributed by atoms with Crippen LogP contribution >= 0.6 is 11.8 Å². The first kappa shape index (κ1) is 20.8. The third-order valence-electron chi connectivity index (χ3n) is 4.51. The lowest BCUT2D eigenvalue weighted by molar-refractivity contribution is -0.166. The molecule has 0 aliphatic carbocycles. The van der Waals surface area contributed by atoms with E-state index in [2.05, 4.69) is 0 Å². The average molecular weight is 407 g/mol. The standard InChI is InChI=1S/C24H22O4S/c1-17(25)29-22-14-10-20(11-15-22)19-8-12-21(13-9-19)24(2,27)23(26)28-16-18-6-4-3-5-7-18/h3-15,27H,16H2,1-2H3. The second kappa shape index (κ2) is 9.07. The fourth-order valence-corrected chi connectivity index (χ4v) is 3.45. The Morgan fingerprint density at radius 1 is 0.897 bits per heavy atom. The van der Waals surface area contributed by atoms with Crippen LogP contribution in [0.15, 0.2) is 83.8 Å². The van der Waals surface area contributed by atoms with Crippen molar-refractivity contribution >= 4 is 22.8 Å². The summed E-state index contributed by atoms with van der Waals surface area (Å²) >= 11 is 1.19. The number of aliphatic hydroxyl groups is 1.